The molecule has 0 unspecified atom stereocenters. The highest BCUT2D eigenvalue weighted by Gasteiger charge is 2.28. The van der Waals surface area contributed by atoms with Gasteiger partial charge in [-0.25, -0.2) is 9.78 Å². The zero-order valence-electron chi connectivity index (χ0n) is 14.8. The molecule has 2 N–H and O–H groups in total. The first kappa shape index (κ1) is 17.3. The van der Waals surface area contributed by atoms with Gasteiger partial charge >= 0.3 is 6.03 Å². The Balaban J connectivity index is 1.23. The number of carbonyl (C=O) groups is 1. The number of nitrogens with zero attached hydrogens (tertiary/aromatic N) is 5. The van der Waals surface area contributed by atoms with Crippen molar-refractivity contribution in [2.75, 3.05) is 29.9 Å². The molecule has 8 nitrogen and oxygen atoms in total. The fourth-order valence-corrected chi connectivity index (χ4v) is 3.51. The predicted molar refractivity (Wildman–Crippen MR) is 105 cm³/mol. The van der Waals surface area contributed by atoms with Crippen LogP contribution in [-0.4, -0.2) is 45.8 Å². The van der Waals surface area contributed by atoms with Crippen LogP contribution in [0.5, 0.6) is 0 Å². The Morgan fingerprint density at radius 3 is 2.70 bits per heavy atom. The van der Waals surface area contributed by atoms with Gasteiger partial charge in [-0.2, -0.15) is 0 Å². The second-order valence-corrected chi connectivity index (χ2v) is 7.63. The number of anilines is 2. The van der Waals surface area contributed by atoms with E-state index in [1.807, 2.05) is 31.2 Å². The van der Waals surface area contributed by atoms with Gasteiger partial charge in [0.1, 0.15) is 0 Å². The lowest BCUT2D eigenvalue weighted by atomic mass is 10.0. The first-order valence-electron chi connectivity index (χ1n) is 8.64. The molecule has 138 valence electrons. The van der Waals surface area contributed by atoms with E-state index in [-0.39, 0.29) is 6.03 Å². The third-order valence-corrected chi connectivity index (χ3v) is 5.13. The van der Waals surface area contributed by atoms with Crippen molar-refractivity contribution < 1.29 is 4.79 Å². The molecule has 0 aromatic carbocycles. The van der Waals surface area contributed by atoms with Crippen LogP contribution in [0.3, 0.4) is 0 Å². The average Bonchev–Trinajstić information content (AvgIpc) is 3.06. The van der Waals surface area contributed by atoms with Gasteiger partial charge in [-0.15, -0.1) is 21.5 Å². The van der Waals surface area contributed by atoms with Crippen LogP contribution in [0.4, 0.5) is 15.7 Å². The highest BCUT2D eigenvalue weighted by Crippen LogP contribution is 2.23. The summed E-state index contributed by atoms with van der Waals surface area (Å²) in [6, 6.07) is 7.54. The van der Waals surface area contributed by atoms with Crippen LogP contribution < -0.4 is 15.5 Å². The van der Waals surface area contributed by atoms with Gasteiger partial charge in [-0.1, -0.05) is 0 Å². The molecule has 0 bridgehead atoms. The molecule has 0 saturated carbocycles. The number of aryl methyl sites for hydroxylation is 1. The molecule has 1 aliphatic heterocycles. The van der Waals surface area contributed by atoms with E-state index in [0.29, 0.717) is 17.6 Å². The van der Waals surface area contributed by atoms with Gasteiger partial charge in [0, 0.05) is 54.6 Å². The quantitative estimate of drug-likeness (QED) is 0.705. The predicted octanol–water partition coefficient (Wildman–Crippen LogP) is 2.56. The highest BCUT2D eigenvalue weighted by atomic mass is 32.1. The van der Waals surface area contributed by atoms with Crippen LogP contribution in [0.2, 0.25) is 0 Å². The molecule has 0 spiro atoms. The Morgan fingerprint density at radius 2 is 2.04 bits per heavy atom. The van der Waals surface area contributed by atoms with E-state index in [2.05, 4.69) is 35.7 Å². The molecule has 3 aromatic heterocycles. The first-order valence-corrected chi connectivity index (χ1v) is 9.45. The van der Waals surface area contributed by atoms with Gasteiger partial charge in [-0.05, 0) is 31.2 Å². The summed E-state index contributed by atoms with van der Waals surface area (Å²) in [4.78, 5) is 23.2. The molecule has 0 radical (unpaired) electrons. The monoisotopic (exact) mass is 381 g/mol. The van der Waals surface area contributed by atoms with Crippen molar-refractivity contribution in [1.29, 1.82) is 0 Å². The number of carbonyl (C=O) groups excluding carboxylic acids is 1. The van der Waals surface area contributed by atoms with Crippen molar-refractivity contribution in [3.63, 3.8) is 0 Å². The number of pyridine rings is 1. The summed E-state index contributed by atoms with van der Waals surface area (Å²) >= 11 is 1.46. The first-order chi connectivity index (χ1) is 13.2. The van der Waals surface area contributed by atoms with E-state index in [0.717, 1.165) is 35.0 Å². The molecule has 1 aliphatic rings. The molecule has 9 heteroatoms. The number of aromatic nitrogens is 4. The van der Waals surface area contributed by atoms with Crippen LogP contribution in [0, 0.1) is 12.8 Å². The van der Waals surface area contributed by atoms with Crippen molar-refractivity contribution in [3.05, 3.63) is 47.7 Å². The zero-order valence-corrected chi connectivity index (χ0v) is 15.6. The summed E-state index contributed by atoms with van der Waals surface area (Å²) in [5.74, 6) is 1.25. The molecular weight excluding hydrogens is 362 g/mol. The summed E-state index contributed by atoms with van der Waals surface area (Å²) in [6.07, 6.45) is 5.22. The Kier molecular flexibility index (Phi) is 4.93. The maximum absolute atomic E-state index is 11.9. The maximum atomic E-state index is 11.9. The van der Waals surface area contributed by atoms with E-state index in [9.17, 15) is 4.79 Å². The van der Waals surface area contributed by atoms with E-state index >= 15 is 0 Å². The van der Waals surface area contributed by atoms with E-state index in [1.54, 1.807) is 18.6 Å². The normalized spacial score (nSPS) is 13.9. The second kappa shape index (κ2) is 7.67. The maximum Gasteiger partial charge on any atom is 0.321 e. The third kappa shape index (κ3) is 4.20. The Morgan fingerprint density at radius 1 is 1.22 bits per heavy atom. The smallest absolute Gasteiger partial charge is 0.321 e. The van der Waals surface area contributed by atoms with Crippen LogP contribution in [0.1, 0.15) is 4.88 Å². The van der Waals surface area contributed by atoms with Crippen molar-refractivity contribution in [1.82, 2.24) is 25.5 Å². The lowest BCUT2D eigenvalue weighted by Gasteiger charge is -2.39. The van der Waals surface area contributed by atoms with Crippen molar-refractivity contribution in [2.45, 2.75) is 6.92 Å². The molecule has 0 aliphatic carbocycles. The lowest BCUT2D eigenvalue weighted by Crippen LogP contribution is -2.52. The highest BCUT2D eigenvalue weighted by molar-refractivity contribution is 7.15. The van der Waals surface area contributed by atoms with Gasteiger partial charge in [-0.3, -0.25) is 10.3 Å². The molecule has 3 aromatic rings. The van der Waals surface area contributed by atoms with Crippen molar-refractivity contribution >= 4 is 28.3 Å². The Hall–Kier alpha value is -3.07. The molecule has 1 saturated heterocycles. The Bertz CT molecular complexity index is 907. The fourth-order valence-electron chi connectivity index (χ4n) is 2.85. The van der Waals surface area contributed by atoms with Gasteiger partial charge in [0.05, 0.1) is 5.69 Å². The number of thiazole rings is 1. The molecule has 27 heavy (non-hydrogen) atoms. The third-order valence-electron chi connectivity index (χ3n) is 4.30. The lowest BCUT2D eigenvalue weighted by molar-refractivity contribution is 0.248. The standard InChI is InChI=1S/C18H19N7OS/c1-12-8-21-18(27-12)22-17(26)20-9-13-10-25(11-13)16-3-2-15(23-24-16)14-4-6-19-7-5-14/h2-8,13H,9-11H2,1H3,(H2,20,21,22,26). The Labute approximate surface area is 160 Å². The SMILES string of the molecule is Cc1cnc(NC(=O)NCC2CN(c3ccc(-c4ccncc4)nn3)C2)s1. The number of nitrogens with one attached hydrogen (secondary N) is 2. The van der Waals surface area contributed by atoms with Gasteiger partial charge < -0.3 is 10.2 Å². The summed E-state index contributed by atoms with van der Waals surface area (Å²) in [6.45, 7) is 4.27. The minimum Gasteiger partial charge on any atom is -0.354 e. The number of hydrogen-bond donors (Lipinski definition) is 2. The molecule has 1 fully saturated rings. The van der Waals surface area contributed by atoms with E-state index in [4.69, 9.17) is 0 Å². The van der Waals surface area contributed by atoms with E-state index < -0.39 is 0 Å². The largest absolute Gasteiger partial charge is 0.354 e. The number of hydrogen-bond acceptors (Lipinski definition) is 7. The van der Waals surface area contributed by atoms with Gasteiger partial charge in [0.2, 0.25) is 0 Å². The van der Waals surface area contributed by atoms with Crippen LogP contribution in [-0.2, 0) is 0 Å². The minimum absolute atomic E-state index is 0.218. The molecule has 0 atom stereocenters. The number of urea groups is 1. The summed E-state index contributed by atoms with van der Waals surface area (Å²) in [5, 5.41) is 14.9. The topological polar surface area (TPSA) is 95.9 Å². The summed E-state index contributed by atoms with van der Waals surface area (Å²) in [7, 11) is 0. The fraction of sp³-hybridized carbons (Fsp3) is 0.278. The van der Waals surface area contributed by atoms with Crippen LogP contribution in [0.15, 0.2) is 42.9 Å². The molecule has 4 rings (SSSR count). The van der Waals surface area contributed by atoms with Crippen molar-refractivity contribution in [3.8, 4) is 11.3 Å². The van der Waals surface area contributed by atoms with E-state index in [1.165, 1.54) is 11.3 Å². The van der Waals surface area contributed by atoms with Crippen LogP contribution in [0.25, 0.3) is 11.3 Å². The summed E-state index contributed by atoms with van der Waals surface area (Å²) in [5.41, 5.74) is 1.82. The molecule has 4 heterocycles. The van der Waals surface area contributed by atoms with Crippen molar-refractivity contribution in [2.24, 2.45) is 5.92 Å². The van der Waals surface area contributed by atoms with Gasteiger partial charge in [0.25, 0.3) is 0 Å². The number of rotatable bonds is 5. The molecular formula is C18H19N7OS. The second-order valence-electron chi connectivity index (χ2n) is 6.39. The minimum atomic E-state index is -0.218. The van der Waals surface area contributed by atoms with Crippen LogP contribution >= 0.6 is 11.3 Å². The van der Waals surface area contributed by atoms with Gasteiger partial charge in [0.15, 0.2) is 10.9 Å². The summed E-state index contributed by atoms with van der Waals surface area (Å²) < 4.78 is 0. The zero-order chi connectivity index (χ0) is 18.6. The number of amides is 2. The molecule has 2 amide bonds. The average molecular weight is 381 g/mol.